The predicted molar refractivity (Wildman–Crippen MR) is 85.4 cm³/mol. The monoisotopic (exact) mass is 316 g/mol. The van der Waals surface area contributed by atoms with Crippen LogP contribution in [0, 0.1) is 0 Å². The normalized spacial score (nSPS) is 11.6. The Labute approximate surface area is 135 Å². The van der Waals surface area contributed by atoms with E-state index < -0.39 is 12.1 Å². The first-order chi connectivity index (χ1) is 11.2. The van der Waals surface area contributed by atoms with Crippen LogP contribution in [-0.4, -0.2) is 30.6 Å². The molecule has 0 aliphatic heterocycles. The van der Waals surface area contributed by atoms with Gasteiger partial charge in [0.2, 0.25) is 0 Å². The summed E-state index contributed by atoms with van der Waals surface area (Å²) in [5.74, 6) is 0.783. The molecule has 5 heteroatoms. The summed E-state index contributed by atoms with van der Waals surface area (Å²) in [6, 6.07) is 16.3. The third kappa shape index (κ3) is 5.30. The van der Waals surface area contributed by atoms with Crippen molar-refractivity contribution < 1.29 is 24.1 Å². The molecule has 1 atom stereocenters. The molecule has 0 heterocycles. The Bertz CT molecular complexity index is 595. The molecule has 0 aliphatic carbocycles. The first-order valence-electron chi connectivity index (χ1n) is 7.44. The van der Waals surface area contributed by atoms with E-state index in [9.17, 15) is 4.79 Å². The van der Waals surface area contributed by atoms with Gasteiger partial charge in [0.05, 0.1) is 6.61 Å². The lowest BCUT2D eigenvalue weighted by molar-refractivity contribution is -0.151. The van der Waals surface area contributed by atoms with Crippen LogP contribution in [0.1, 0.15) is 12.5 Å². The fourth-order valence-corrected chi connectivity index (χ4v) is 2.08. The number of ether oxygens (including phenoxy) is 3. The minimum Gasteiger partial charge on any atom is -0.478 e. The number of carbonyl (C=O) groups excluding carboxylic acids is 1. The number of benzene rings is 2. The second-order valence-corrected chi connectivity index (χ2v) is 4.79. The Morgan fingerprint density at radius 3 is 2.35 bits per heavy atom. The molecule has 122 valence electrons. The van der Waals surface area contributed by atoms with Crippen molar-refractivity contribution in [2.75, 3.05) is 13.4 Å². The van der Waals surface area contributed by atoms with Crippen LogP contribution in [0.2, 0.25) is 0 Å². The molecule has 0 amide bonds. The molecule has 0 saturated heterocycles. The third-order valence-corrected chi connectivity index (χ3v) is 3.15. The molecule has 2 aromatic carbocycles. The van der Waals surface area contributed by atoms with Crippen molar-refractivity contribution in [3.05, 3.63) is 60.2 Å². The Hall–Kier alpha value is -2.53. The standard InChI is InChI=1S/C18H20O5/c1-2-21-18(20)17(23-16-6-4-3-5-7-16)12-14-8-10-15(11-9-14)22-13-19/h3-11,17,19H,2,12-13H2,1H3. The highest BCUT2D eigenvalue weighted by Crippen LogP contribution is 2.17. The van der Waals surface area contributed by atoms with Crippen molar-refractivity contribution in [1.82, 2.24) is 0 Å². The van der Waals surface area contributed by atoms with Crippen LogP contribution in [0.3, 0.4) is 0 Å². The number of para-hydroxylation sites is 1. The van der Waals surface area contributed by atoms with Crippen LogP contribution in [-0.2, 0) is 16.0 Å². The van der Waals surface area contributed by atoms with Gasteiger partial charge >= 0.3 is 5.97 Å². The summed E-state index contributed by atoms with van der Waals surface area (Å²) in [5, 5.41) is 8.73. The molecular formula is C18H20O5. The van der Waals surface area contributed by atoms with E-state index in [1.807, 2.05) is 30.3 Å². The van der Waals surface area contributed by atoms with Gasteiger partial charge < -0.3 is 19.3 Å². The summed E-state index contributed by atoms with van der Waals surface area (Å²) in [6.07, 6.45) is -0.338. The van der Waals surface area contributed by atoms with E-state index in [0.717, 1.165) is 5.56 Å². The zero-order valence-corrected chi connectivity index (χ0v) is 13.0. The molecule has 0 fully saturated rings. The van der Waals surface area contributed by atoms with Crippen LogP contribution in [0.4, 0.5) is 0 Å². The van der Waals surface area contributed by atoms with Gasteiger partial charge in [-0.15, -0.1) is 0 Å². The van der Waals surface area contributed by atoms with Crippen LogP contribution < -0.4 is 9.47 Å². The summed E-state index contributed by atoms with van der Waals surface area (Å²) >= 11 is 0. The summed E-state index contributed by atoms with van der Waals surface area (Å²) < 4.78 is 15.8. The lowest BCUT2D eigenvalue weighted by Crippen LogP contribution is -2.31. The molecule has 2 aromatic rings. The van der Waals surface area contributed by atoms with Crippen molar-refractivity contribution in [3.8, 4) is 11.5 Å². The first-order valence-corrected chi connectivity index (χ1v) is 7.44. The number of hydrogen-bond acceptors (Lipinski definition) is 5. The second-order valence-electron chi connectivity index (χ2n) is 4.79. The second kappa shape index (κ2) is 8.80. The number of aliphatic hydroxyl groups is 1. The molecule has 0 radical (unpaired) electrons. The molecule has 0 bridgehead atoms. The van der Waals surface area contributed by atoms with Gasteiger partial charge in [0, 0.05) is 6.42 Å². The predicted octanol–water partition coefficient (Wildman–Crippen LogP) is 2.57. The molecule has 0 aliphatic rings. The maximum absolute atomic E-state index is 12.1. The van der Waals surface area contributed by atoms with Gasteiger partial charge in [-0.05, 0) is 36.8 Å². The summed E-state index contributed by atoms with van der Waals surface area (Å²) in [5.41, 5.74) is 0.907. The minimum absolute atomic E-state index is 0.302. The molecule has 23 heavy (non-hydrogen) atoms. The molecule has 5 nitrogen and oxygen atoms in total. The van der Waals surface area contributed by atoms with Crippen molar-refractivity contribution in [3.63, 3.8) is 0 Å². The minimum atomic E-state index is -0.720. The Morgan fingerprint density at radius 2 is 1.74 bits per heavy atom. The van der Waals surface area contributed by atoms with Gasteiger partial charge in [-0.25, -0.2) is 4.79 Å². The van der Waals surface area contributed by atoms with Crippen LogP contribution in [0.5, 0.6) is 11.5 Å². The fraction of sp³-hybridized carbons (Fsp3) is 0.278. The smallest absolute Gasteiger partial charge is 0.347 e. The van der Waals surface area contributed by atoms with Gasteiger partial charge in [-0.3, -0.25) is 0 Å². The maximum atomic E-state index is 12.1. The third-order valence-electron chi connectivity index (χ3n) is 3.15. The van der Waals surface area contributed by atoms with Gasteiger partial charge in [-0.2, -0.15) is 0 Å². The van der Waals surface area contributed by atoms with Gasteiger partial charge in [0.15, 0.2) is 12.9 Å². The van der Waals surface area contributed by atoms with Crippen molar-refractivity contribution in [1.29, 1.82) is 0 Å². The van der Waals surface area contributed by atoms with E-state index in [1.165, 1.54) is 0 Å². The quantitative estimate of drug-likeness (QED) is 0.599. The van der Waals surface area contributed by atoms with E-state index in [0.29, 0.717) is 24.5 Å². The number of hydrogen-bond donors (Lipinski definition) is 1. The van der Waals surface area contributed by atoms with E-state index in [4.69, 9.17) is 19.3 Å². The Morgan fingerprint density at radius 1 is 1.04 bits per heavy atom. The molecule has 0 saturated carbocycles. The highest BCUT2D eigenvalue weighted by molar-refractivity contribution is 5.75. The molecule has 1 unspecified atom stereocenters. The highest BCUT2D eigenvalue weighted by atomic mass is 16.6. The molecule has 2 rings (SSSR count). The summed E-state index contributed by atoms with van der Waals surface area (Å²) in [6.45, 7) is 1.69. The Kier molecular flexibility index (Phi) is 6.44. The average Bonchev–Trinajstić information content (AvgIpc) is 2.57. The highest BCUT2D eigenvalue weighted by Gasteiger charge is 2.22. The van der Waals surface area contributed by atoms with E-state index in [1.54, 1.807) is 31.2 Å². The van der Waals surface area contributed by atoms with Crippen molar-refractivity contribution >= 4 is 5.97 Å². The number of carbonyl (C=O) groups is 1. The average molecular weight is 316 g/mol. The number of esters is 1. The van der Waals surface area contributed by atoms with E-state index >= 15 is 0 Å². The molecule has 1 N–H and O–H groups in total. The number of aliphatic hydroxyl groups excluding tert-OH is 1. The first kappa shape index (κ1) is 16.8. The van der Waals surface area contributed by atoms with Crippen LogP contribution in [0.15, 0.2) is 54.6 Å². The number of rotatable bonds is 8. The van der Waals surface area contributed by atoms with Crippen LogP contribution in [0.25, 0.3) is 0 Å². The van der Waals surface area contributed by atoms with Gasteiger partial charge in [0.25, 0.3) is 0 Å². The zero-order valence-electron chi connectivity index (χ0n) is 13.0. The van der Waals surface area contributed by atoms with Crippen molar-refractivity contribution in [2.45, 2.75) is 19.4 Å². The Balaban J connectivity index is 2.08. The SMILES string of the molecule is CCOC(=O)C(Cc1ccc(OCO)cc1)Oc1ccccc1. The van der Waals surface area contributed by atoms with Crippen molar-refractivity contribution in [2.24, 2.45) is 0 Å². The summed E-state index contributed by atoms with van der Waals surface area (Å²) in [7, 11) is 0. The zero-order chi connectivity index (χ0) is 16.5. The summed E-state index contributed by atoms with van der Waals surface area (Å²) in [4.78, 5) is 12.1. The molecule has 0 spiro atoms. The van der Waals surface area contributed by atoms with E-state index in [-0.39, 0.29) is 6.79 Å². The molecule has 0 aromatic heterocycles. The lowest BCUT2D eigenvalue weighted by atomic mass is 10.1. The van der Waals surface area contributed by atoms with Gasteiger partial charge in [-0.1, -0.05) is 30.3 Å². The van der Waals surface area contributed by atoms with Gasteiger partial charge in [0.1, 0.15) is 11.5 Å². The lowest BCUT2D eigenvalue weighted by Gasteiger charge is -2.18. The van der Waals surface area contributed by atoms with E-state index in [2.05, 4.69) is 0 Å². The largest absolute Gasteiger partial charge is 0.478 e. The molecular weight excluding hydrogens is 296 g/mol. The van der Waals surface area contributed by atoms with Crippen LogP contribution >= 0.6 is 0 Å². The maximum Gasteiger partial charge on any atom is 0.347 e. The fourth-order valence-electron chi connectivity index (χ4n) is 2.08. The topological polar surface area (TPSA) is 65.0 Å².